The van der Waals surface area contributed by atoms with Crippen LogP contribution in [0.3, 0.4) is 0 Å². The third kappa shape index (κ3) is 5.20. The van der Waals surface area contributed by atoms with Gasteiger partial charge in [0.25, 0.3) is 0 Å². The third-order valence-electron chi connectivity index (χ3n) is 3.21. The van der Waals surface area contributed by atoms with Gasteiger partial charge < -0.3 is 14.0 Å². The number of nitrogens with zero attached hydrogens (tertiary/aromatic N) is 1. The summed E-state index contributed by atoms with van der Waals surface area (Å²) in [5, 5.41) is 0. The molecule has 5 nitrogen and oxygen atoms in total. The van der Waals surface area contributed by atoms with Gasteiger partial charge in [-0.15, -0.1) is 0 Å². The summed E-state index contributed by atoms with van der Waals surface area (Å²) in [7, 11) is 1.33. The molecule has 0 aromatic carbocycles. The van der Waals surface area contributed by atoms with Gasteiger partial charge in [0.15, 0.2) is 0 Å². The first-order valence-electron chi connectivity index (χ1n) is 7.63. The molecule has 1 aromatic heterocycles. The predicted molar refractivity (Wildman–Crippen MR) is 84.7 cm³/mol. The van der Waals surface area contributed by atoms with Crippen molar-refractivity contribution >= 4 is 11.9 Å². The Balaban J connectivity index is 3.07. The van der Waals surface area contributed by atoms with Gasteiger partial charge in [-0.2, -0.15) is 0 Å². The first-order chi connectivity index (χ1) is 10.2. The van der Waals surface area contributed by atoms with Crippen molar-refractivity contribution in [2.45, 2.75) is 59.1 Å². The Bertz CT molecular complexity index is 511. The molecule has 0 N–H and O–H groups in total. The van der Waals surface area contributed by atoms with Crippen LogP contribution < -0.4 is 0 Å². The van der Waals surface area contributed by atoms with Crippen molar-refractivity contribution in [1.29, 1.82) is 0 Å². The largest absolute Gasteiger partial charge is 0.464 e. The van der Waals surface area contributed by atoms with Crippen LogP contribution in [0.4, 0.5) is 0 Å². The summed E-state index contributed by atoms with van der Waals surface area (Å²) in [5.74, 6) is -0.320. The quantitative estimate of drug-likeness (QED) is 0.753. The summed E-state index contributed by atoms with van der Waals surface area (Å²) < 4.78 is 11.9. The van der Waals surface area contributed by atoms with Gasteiger partial charge in [0.1, 0.15) is 17.3 Å². The van der Waals surface area contributed by atoms with Crippen molar-refractivity contribution in [3.8, 4) is 0 Å². The molecule has 0 aliphatic rings. The lowest BCUT2D eigenvalue weighted by atomic mass is 10.0. The summed E-state index contributed by atoms with van der Waals surface area (Å²) in [6.45, 7) is 9.70. The number of hydrogen-bond acceptors (Lipinski definition) is 4. The summed E-state index contributed by atoms with van der Waals surface area (Å²) in [6, 6.07) is 2.86. The molecule has 0 fully saturated rings. The molecule has 1 atom stereocenters. The van der Waals surface area contributed by atoms with Gasteiger partial charge in [-0.25, -0.2) is 9.59 Å². The van der Waals surface area contributed by atoms with E-state index < -0.39 is 17.6 Å². The average molecular weight is 309 g/mol. The van der Waals surface area contributed by atoms with Gasteiger partial charge in [-0.3, -0.25) is 0 Å². The maximum absolute atomic E-state index is 12.5. The smallest absolute Gasteiger partial charge is 0.354 e. The van der Waals surface area contributed by atoms with E-state index in [0.717, 1.165) is 6.42 Å². The second-order valence-electron chi connectivity index (χ2n) is 6.81. The minimum absolute atomic E-state index is 0.325. The van der Waals surface area contributed by atoms with Crippen molar-refractivity contribution < 1.29 is 19.1 Å². The van der Waals surface area contributed by atoms with Crippen LogP contribution in [0.2, 0.25) is 0 Å². The highest BCUT2D eigenvalue weighted by molar-refractivity contribution is 5.88. The summed E-state index contributed by atoms with van der Waals surface area (Å²) in [6.07, 6.45) is 3.20. The van der Waals surface area contributed by atoms with Gasteiger partial charge >= 0.3 is 11.9 Å². The highest BCUT2D eigenvalue weighted by Crippen LogP contribution is 2.24. The maximum atomic E-state index is 12.5. The highest BCUT2D eigenvalue weighted by Gasteiger charge is 2.29. The van der Waals surface area contributed by atoms with E-state index in [1.165, 1.54) is 7.11 Å². The van der Waals surface area contributed by atoms with Gasteiger partial charge in [0.05, 0.1) is 7.11 Å². The van der Waals surface area contributed by atoms with Crippen LogP contribution in [0.25, 0.3) is 0 Å². The van der Waals surface area contributed by atoms with Gasteiger partial charge in [0, 0.05) is 6.20 Å². The van der Waals surface area contributed by atoms with Crippen LogP contribution in [0, 0.1) is 5.92 Å². The first-order valence-corrected chi connectivity index (χ1v) is 7.63. The molecule has 0 radical (unpaired) electrons. The molecule has 0 spiro atoms. The number of aromatic nitrogens is 1. The fourth-order valence-corrected chi connectivity index (χ4v) is 2.17. The van der Waals surface area contributed by atoms with Gasteiger partial charge in [-0.05, 0) is 51.7 Å². The molecule has 1 unspecified atom stereocenters. The fraction of sp³-hybridized carbons (Fsp3) is 0.647. The molecule has 5 heteroatoms. The van der Waals surface area contributed by atoms with E-state index in [1.54, 1.807) is 22.9 Å². The van der Waals surface area contributed by atoms with E-state index in [9.17, 15) is 9.59 Å². The maximum Gasteiger partial charge on any atom is 0.354 e. The molecule has 1 rings (SSSR count). The Hall–Kier alpha value is -1.78. The lowest BCUT2D eigenvalue weighted by Gasteiger charge is -2.26. The number of ether oxygens (including phenoxy) is 2. The second-order valence-corrected chi connectivity index (χ2v) is 6.81. The minimum Gasteiger partial charge on any atom is -0.464 e. The Labute approximate surface area is 132 Å². The molecule has 22 heavy (non-hydrogen) atoms. The van der Waals surface area contributed by atoms with Crippen LogP contribution in [0.1, 0.15) is 64.0 Å². The number of esters is 2. The Morgan fingerprint density at radius 2 is 1.86 bits per heavy atom. The normalized spacial score (nSPS) is 13.0. The molecule has 0 saturated carbocycles. The molecule has 124 valence electrons. The molecule has 0 amide bonds. The Morgan fingerprint density at radius 3 is 2.36 bits per heavy atom. The molecule has 1 heterocycles. The van der Waals surface area contributed by atoms with Gasteiger partial charge in [-0.1, -0.05) is 13.8 Å². The van der Waals surface area contributed by atoms with E-state index in [4.69, 9.17) is 9.47 Å². The van der Waals surface area contributed by atoms with Crippen molar-refractivity contribution in [3.05, 3.63) is 24.0 Å². The highest BCUT2D eigenvalue weighted by atomic mass is 16.6. The average Bonchev–Trinajstić information content (AvgIpc) is 2.84. The second kappa shape index (κ2) is 7.47. The van der Waals surface area contributed by atoms with E-state index in [-0.39, 0.29) is 5.97 Å². The molecular formula is C17H27NO4. The molecule has 0 saturated heterocycles. The molecule has 0 aliphatic heterocycles. The zero-order valence-corrected chi connectivity index (χ0v) is 14.4. The number of carbonyl (C=O) groups is 2. The summed E-state index contributed by atoms with van der Waals surface area (Å²) in [5.41, 5.74) is -0.201. The minimum atomic E-state index is -0.564. The number of methoxy groups -OCH3 is 1. The lowest BCUT2D eigenvalue weighted by Crippen LogP contribution is -2.31. The summed E-state index contributed by atoms with van der Waals surface area (Å²) in [4.78, 5) is 24.4. The Kier molecular flexibility index (Phi) is 6.21. The van der Waals surface area contributed by atoms with Crippen LogP contribution in [-0.4, -0.2) is 29.2 Å². The van der Waals surface area contributed by atoms with Gasteiger partial charge in [0.2, 0.25) is 0 Å². The van der Waals surface area contributed by atoms with Crippen LogP contribution in [0.5, 0.6) is 0 Å². The van der Waals surface area contributed by atoms with E-state index in [1.807, 2.05) is 20.8 Å². The number of carbonyl (C=O) groups excluding carboxylic acids is 2. The van der Waals surface area contributed by atoms with Crippen molar-refractivity contribution in [2.24, 2.45) is 5.92 Å². The number of hydrogen-bond donors (Lipinski definition) is 0. The van der Waals surface area contributed by atoms with E-state index in [0.29, 0.717) is 18.0 Å². The van der Waals surface area contributed by atoms with E-state index in [2.05, 4.69) is 13.8 Å². The third-order valence-corrected chi connectivity index (χ3v) is 3.21. The fourth-order valence-electron chi connectivity index (χ4n) is 2.17. The molecule has 0 aliphatic carbocycles. The van der Waals surface area contributed by atoms with Crippen molar-refractivity contribution in [2.75, 3.05) is 7.11 Å². The topological polar surface area (TPSA) is 57.5 Å². The first kappa shape index (κ1) is 18.3. The predicted octanol–water partition coefficient (Wildman–Crippen LogP) is 3.59. The molecule has 0 bridgehead atoms. The molecular weight excluding hydrogens is 282 g/mol. The van der Waals surface area contributed by atoms with E-state index >= 15 is 0 Å². The molecule has 1 aromatic rings. The van der Waals surface area contributed by atoms with Crippen molar-refractivity contribution in [3.63, 3.8) is 0 Å². The summed E-state index contributed by atoms with van der Waals surface area (Å²) >= 11 is 0. The van der Waals surface area contributed by atoms with Crippen LogP contribution in [0.15, 0.2) is 18.3 Å². The lowest BCUT2D eigenvalue weighted by molar-refractivity contribution is -0.159. The zero-order chi connectivity index (χ0) is 16.9. The van der Waals surface area contributed by atoms with Crippen LogP contribution in [-0.2, 0) is 14.3 Å². The zero-order valence-electron chi connectivity index (χ0n) is 14.4. The van der Waals surface area contributed by atoms with Crippen LogP contribution >= 0.6 is 0 Å². The SMILES string of the molecule is COC(=O)c1cccn1C(CCC(C)C)C(=O)OC(C)(C)C. The number of rotatable bonds is 6. The standard InChI is InChI=1S/C17H27NO4/c1-12(2)9-10-14(16(20)22-17(3,4)5)18-11-7-8-13(18)15(19)21-6/h7-8,11-12,14H,9-10H2,1-6H3. The monoisotopic (exact) mass is 309 g/mol. The Morgan fingerprint density at radius 1 is 1.23 bits per heavy atom. The van der Waals surface area contributed by atoms with Crippen molar-refractivity contribution in [1.82, 2.24) is 4.57 Å².